The summed E-state index contributed by atoms with van der Waals surface area (Å²) in [6.45, 7) is 1.30. The molecule has 20 heavy (non-hydrogen) atoms. The minimum absolute atomic E-state index is 0.247. The number of carbonyl (C=O) groups excluding carboxylic acids is 1. The van der Waals surface area contributed by atoms with E-state index >= 15 is 0 Å². The van der Waals surface area contributed by atoms with Crippen molar-refractivity contribution in [3.05, 3.63) is 34.6 Å². The fraction of sp³-hybridized carbons (Fsp3) is 0.167. The molecule has 1 unspecified atom stereocenters. The van der Waals surface area contributed by atoms with Crippen LogP contribution in [0.2, 0.25) is 0 Å². The minimum atomic E-state index is -1.18. The SMILES string of the molecule is CC(NC(=O)/C(C#N)=C\Nc1ccc(Br)cn1)C(=O)O. The summed E-state index contributed by atoms with van der Waals surface area (Å²) in [6.07, 6.45) is 2.72. The number of halogens is 1. The molecular formula is C12H11BrN4O3. The predicted octanol–water partition coefficient (Wildman–Crippen LogP) is 1.25. The summed E-state index contributed by atoms with van der Waals surface area (Å²) in [7, 11) is 0. The van der Waals surface area contributed by atoms with Crippen molar-refractivity contribution in [1.29, 1.82) is 5.26 Å². The highest BCUT2D eigenvalue weighted by atomic mass is 79.9. The topological polar surface area (TPSA) is 115 Å². The van der Waals surface area contributed by atoms with Crippen LogP contribution in [-0.2, 0) is 9.59 Å². The van der Waals surface area contributed by atoms with Crippen molar-refractivity contribution in [2.75, 3.05) is 5.32 Å². The van der Waals surface area contributed by atoms with E-state index in [9.17, 15) is 9.59 Å². The maximum atomic E-state index is 11.6. The van der Waals surface area contributed by atoms with Gasteiger partial charge in [-0.1, -0.05) is 0 Å². The van der Waals surface area contributed by atoms with Crippen LogP contribution in [0.3, 0.4) is 0 Å². The molecule has 1 aromatic rings. The second-order valence-electron chi connectivity index (χ2n) is 3.71. The van der Waals surface area contributed by atoms with Gasteiger partial charge < -0.3 is 15.7 Å². The Bertz CT molecular complexity index is 577. The van der Waals surface area contributed by atoms with E-state index in [0.29, 0.717) is 5.82 Å². The summed E-state index contributed by atoms with van der Waals surface area (Å²) in [4.78, 5) is 26.2. The Morgan fingerprint density at radius 2 is 2.25 bits per heavy atom. The van der Waals surface area contributed by atoms with Gasteiger partial charge in [0.25, 0.3) is 5.91 Å². The Morgan fingerprint density at radius 1 is 1.55 bits per heavy atom. The largest absolute Gasteiger partial charge is 0.480 e. The Kier molecular flexibility index (Phi) is 5.68. The third kappa shape index (κ3) is 4.70. The first-order valence-electron chi connectivity index (χ1n) is 5.46. The summed E-state index contributed by atoms with van der Waals surface area (Å²) in [5.41, 5.74) is -0.247. The fourth-order valence-corrected chi connectivity index (χ4v) is 1.33. The summed E-state index contributed by atoms with van der Waals surface area (Å²) in [5, 5.41) is 22.4. The van der Waals surface area contributed by atoms with E-state index < -0.39 is 17.9 Å². The third-order valence-corrected chi connectivity index (χ3v) is 2.64. The van der Waals surface area contributed by atoms with Gasteiger partial charge in [0.05, 0.1) is 0 Å². The molecular weight excluding hydrogens is 328 g/mol. The fourth-order valence-electron chi connectivity index (χ4n) is 1.09. The average Bonchev–Trinajstić information content (AvgIpc) is 2.41. The summed E-state index contributed by atoms with van der Waals surface area (Å²) >= 11 is 3.23. The molecule has 104 valence electrons. The van der Waals surface area contributed by atoms with Gasteiger partial charge in [-0.2, -0.15) is 5.26 Å². The Morgan fingerprint density at radius 3 is 2.75 bits per heavy atom. The molecule has 0 fully saturated rings. The maximum absolute atomic E-state index is 11.6. The predicted molar refractivity (Wildman–Crippen MR) is 74.5 cm³/mol. The summed E-state index contributed by atoms with van der Waals surface area (Å²) < 4.78 is 0.792. The Balaban J connectivity index is 2.73. The lowest BCUT2D eigenvalue weighted by Crippen LogP contribution is -2.39. The van der Waals surface area contributed by atoms with Gasteiger partial charge >= 0.3 is 5.97 Å². The highest BCUT2D eigenvalue weighted by molar-refractivity contribution is 9.10. The van der Waals surface area contributed by atoms with Crippen LogP contribution >= 0.6 is 15.9 Å². The first kappa shape index (κ1) is 15.7. The maximum Gasteiger partial charge on any atom is 0.325 e. The van der Waals surface area contributed by atoms with Crippen LogP contribution in [-0.4, -0.2) is 28.0 Å². The van der Waals surface area contributed by atoms with Crippen LogP contribution in [0.1, 0.15) is 6.92 Å². The molecule has 1 atom stereocenters. The lowest BCUT2D eigenvalue weighted by atomic mass is 10.2. The lowest BCUT2D eigenvalue weighted by Gasteiger charge is -2.08. The first-order valence-corrected chi connectivity index (χ1v) is 6.25. The van der Waals surface area contributed by atoms with Crippen molar-refractivity contribution in [2.24, 2.45) is 0 Å². The van der Waals surface area contributed by atoms with Crippen molar-refractivity contribution < 1.29 is 14.7 Å². The smallest absolute Gasteiger partial charge is 0.325 e. The molecule has 8 heteroatoms. The van der Waals surface area contributed by atoms with Gasteiger partial charge in [0.15, 0.2) is 0 Å². The highest BCUT2D eigenvalue weighted by Gasteiger charge is 2.16. The van der Waals surface area contributed by atoms with Crippen molar-refractivity contribution in [1.82, 2.24) is 10.3 Å². The van der Waals surface area contributed by atoms with Crippen molar-refractivity contribution in [3.8, 4) is 6.07 Å². The number of nitrogens with one attached hydrogen (secondary N) is 2. The number of aromatic nitrogens is 1. The van der Waals surface area contributed by atoms with Gasteiger partial charge in [0.1, 0.15) is 23.5 Å². The number of carboxylic acid groups (broad SMARTS) is 1. The number of aliphatic carboxylic acids is 1. The average molecular weight is 339 g/mol. The van der Waals surface area contributed by atoms with Gasteiger partial charge in [0.2, 0.25) is 0 Å². The van der Waals surface area contributed by atoms with Crippen molar-refractivity contribution >= 4 is 33.6 Å². The lowest BCUT2D eigenvalue weighted by molar-refractivity contribution is -0.140. The molecule has 1 rings (SSSR count). The van der Waals surface area contributed by atoms with Gasteiger partial charge in [0, 0.05) is 16.9 Å². The molecule has 0 aliphatic heterocycles. The molecule has 0 spiro atoms. The summed E-state index contributed by atoms with van der Waals surface area (Å²) in [5.74, 6) is -1.51. The van der Waals surface area contributed by atoms with E-state index in [1.165, 1.54) is 13.1 Å². The van der Waals surface area contributed by atoms with Crippen LogP contribution in [0.4, 0.5) is 5.82 Å². The van der Waals surface area contributed by atoms with E-state index in [2.05, 4.69) is 31.5 Å². The molecule has 3 N–H and O–H groups in total. The second kappa shape index (κ2) is 7.25. The normalized spacial score (nSPS) is 12.2. The number of hydrogen-bond donors (Lipinski definition) is 3. The van der Waals surface area contributed by atoms with Gasteiger partial charge in [-0.05, 0) is 35.0 Å². The number of nitrogens with zero attached hydrogens (tertiary/aromatic N) is 2. The number of carbonyl (C=O) groups is 2. The van der Waals surface area contributed by atoms with Crippen molar-refractivity contribution in [3.63, 3.8) is 0 Å². The quantitative estimate of drug-likeness (QED) is 0.549. The van der Waals surface area contributed by atoms with Crippen LogP contribution in [0.25, 0.3) is 0 Å². The van der Waals surface area contributed by atoms with E-state index in [1.54, 1.807) is 24.4 Å². The third-order valence-electron chi connectivity index (χ3n) is 2.17. The van der Waals surface area contributed by atoms with E-state index in [4.69, 9.17) is 10.4 Å². The molecule has 0 bridgehead atoms. The number of nitriles is 1. The molecule has 0 saturated carbocycles. The van der Waals surface area contributed by atoms with E-state index in [0.717, 1.165) is 4.47 Å². The van der Waals surface area contributed by atoms with Crippen molar-refractivity contribution in [2.45, 2.75) is 13.0 Å². The number of carboxylic acids is 1. The number of rotatable bonds is 5. The molecule has 1 heterocycles. The molecule has 0 aliphatic carbocycles. The summed E-state index contributed by atoms with van der Waals surface area (Å²) in [6, 6.07) is 3.99. The molecule has 1 aromatic heterocycles. The number of anilines is 1. The first-order chi connectivity index (χ1) is 9.43. The molecule has 1 amide bonds. The van der Waals surface area contributed by atoms with Crippen LogP contribution in [0, 0.1) is 11.3 Å². The minimum Gasteiger partial charge on any atom is -0.480 e. The zero-order valence-corrected chi connectivity index (χ0v) is 12.0. The molecule has 0 radical (unpaired) electrons. The van der Waals surface area contributed by atoms with Crippen LogP contribution in [0.5, 0.6) is 0 Å². The molecule has 0 aliphatic rings. The number of pyridine rings is 1. The van der Waals surface area contributed by atoms with E-state index in [1.807, 2.05) is 0 Å². The monoisotopic (exact) mass is 338 g/mol. The standard InChI is InChI=1S/C12H11BrN4O3/c1-7(12(19)20)17-11(18)8(4-14)5-15-10-3-2-9(13)6-16-10/h2-3,5-7H,1H3,(H,15,16)(H,17,18)(H,19,20)/b8-5-. The Labute approximate surface area is 123 Å². The molecule has 0 saturated heterocycles. The van der Waals surface area contributed by atoms with Gasteiger partial charge in [-0.15, -0.1) is 0 Å². The number of hydrogen-bond acceptors (Lipinski definition) is 5. The Hall–Kier alpha value is -2.40. The molecule has 0 aromatic carbocycles. The zero-order chi connectivity index (χ0) is 15.1. The highest BCUT2D eigenvalue weighted by Crippen LogP contribution is 2.10. The zero-order valence-electron chi connectivity index (χ0n) is 10.4. The van der Waals surface area contributed by atoms with Crippen LogP contribution < -0.4 is 10.6 Å². The van der Waals surface area contributed by atoms with E-state index in [-0.39, 0.29) is 5.57 Å². The number of amides is 1. The molecule has 7 nitrogen and oxygen atoms in total. The van der Waals surface area contributed by atoms with Gasteiger partial charge in [-0.3, -0.25) is 9.59 Å². The van der Waals surface area contributed by atoms with Gasteiger partial charge in [-0.25, -0.2) is 4.98 Å². The van der Waals surface area contributed by atoms with Crippen LogP contribution in [0.15, 0.2) is 34.6 Å². The second-order valence-corrected chi connectivity index (χ2v) is 4.62.